The molecule has 1 nitrogen and oxygen atoms in total. The van der Waals surface area contributed by atoms with Gasteiger partial charge in [-0.15, -0.1) is 0 Å². The zero-order valence-electron chi connectivity index (χ0n) is 10.9. The molecule has 0 unspecified atom stereocenters. The Morgan fingerprint density at radius 3 is 2.15 bits per heavy atom. The summed E-state index contributed by atoms with van der Waals surface area (Å²) >= 11 is 2.99. The largest absolute Gasteiger partial charge is 0.288 e. The summed E-state index contributed by atoms with van der Waals surface area (Å²) in [7, 11) is 0. The summed E-state index contributed by atoms with van der Waals surface area (Å²) in [6, 6.07) is 9.00. The molecule has 2 aromatic carbocycles. The Hall–Kier alpha value is -1.55. The maximum atomic E-state index is 13.8. The lowest BCUT2D eigenvalue weighted by Crippen LogP contribution is -2.07. The van der Waals surface area contributed by atoms with E-state index in [-0.39, 0.29) is 10.0 Å². The number of carbonyl (C=O) groups excluding carboxylic acids is 1. The zero-order valence-corrected chi connectivity index (χ0v) is 12.5. The molecule has 0 bridgehead atoms. The van der Waals surface area contributed by atoms with Crippen LogP contribution in [-0.4, -0.2) is 5.78 Å². The van der Waals surface area contributed by atoms with Crippen molar-refractivity contribution < 1.29 is 13.6 Å². The Labute approximate surface area is 124 Å². The van der Waals surface area contributed by atoms with E-state index in [1.54, 1.807) is 12.1 Å². The monoisotopic (exact) mass is 338 g/mol. The summed E-state index contributed by atoms with van der Waals surface area (Å²) in [6.45, 7) is 2.06. The third-order valence-corrected chi connectivity index (χ3v) is 3.45. The Bertz CT molecular complexity index is 612. The Balaban J connectivity index is 2.36. The lowest BCUT2D eigenvalue weighted by atomic mass is 10.00. The number of benzene rings is 2. The molecule has 0 aliphatic heterocycles. The van der Waals surface area contributed by atoms with Crippen molar-refractivity contribution in [2.75, 3.05) is 0 Å². The van der Waals surface area contributed by atoms with Gasteiger partial charge in [-0.2, -0.15) is 0 Å². The highest BCUT2D eigenvalue weighted by atomic mass is 79.9. The second-order valence-corrected chi connectivity index (χ2v) is 5.44. The van der Waals surface area contributed by atoms with Gasteiger partial charge in [-0.05, 0) is 24.1 Å². The van der Waals surface area contributed by atoms with Crippen molar-refractivity contribution in [2.24, 2.45) is 0 Å². The molecule has 0 spiro atoms. The van der Waals surface area contributed by atoms with Crippen LogP contribution in [0.15, 0.2) is 40.9 Å². The van der Waals surface area contributed by atoms with Crippen LogP contribution in [0.1, 0.15) is 34.8 Å². The van der Waals surface area contributed by atoms with Crippen LogP contribution in [0, 0.1) is 11.6 Å². The van der Waals surface area contributed by atoms with Crippen molar-refractivity contribution in [3.8, 4) is 0 Å². The lowest BCUT2D eigenvalue weighted by molar-refractivity contribution is 0.103. The quantitative estimate of drug-likeness (QED) is 0.724. The molecule has 0 N–H and O–H groups in total. The maximum absolute atomic E-state index is 13.8. The third-order valence-electron chi connectivity index (χ3n) is 2.99. The molecule has 0 aliphatic carbocycles. The van der Waals surface area contributed by atoms with Crippen molar-refractivity contribution in [3.05, 3.63) is 69.2 Å². The highest BCUT2D eigenvalue weighted by Crippen LogP contribution is 2.22. The van der Waals surface area contributed by atoms with Gasteiger partial charge in [0.05, 0.1) is 5.56 Å². The first-order valence-electron chi connectivity index (χ1n) is 6.31. The molecule has 0 aromatic heterocycles. The van der Waals surface area contributed by atoms with Crippen LogP contribution in [0.5, 0.6) is 0 Å². The van der Waals surface area contributed by atoms with E-state index in [1.165, 1.54) is 0 Å². The topological polar surface area (TPSA) is 17.1 Å². The first kappa shape index (κ1) is 14.9. The normalized spacial score (nSPS) is 10.6. The predicted molar refractivity (Wildman–Crippen MR) is 77.9 cm³/mol. The molecule has 0 saturated carbocycles. The summed E-state index contributed by atoms with van der Waals surface area (Å²) in [6.07, 6.45) is 1.92. The molecule has 0 aliphatic rings. The van der Waals surface area contributed by atoms with E-state index in [4.69, 9.17) is 0 Å². The molecular weight excluding hydrogens is 326 g/mol. The van der Waals surface area contributed by atoms with Gasteiger partial charge in [-0.25, -0.2) is 8.78 Å². The van der Waals surface area contributed by atoms with Crippen molar-refractivity contribution in [1.29, 1.82) is 0 Å². The SMILES string of the molecule is CCCc1ccc(C(=O)c2c(F)cc(Br)cc2F)cc1. The number of carbonyl (C=O) groups is 1. The molecule has 0 amide bonds. The standard InChI is InChI=1S/C16H13BrF2O/c1-2-3-10-4-6-11(7-5-10)16(20)15-13(18)8-12(17)9-14(15)19/h4-9H,2-3H2,1H3. The van der Waals surface area contributed by atoms with Crippen molar-refractivity contribution in [3.63, 3.8) is 0 Å². The number of aryl methyl sites for hydroxylation is 1. The molecule has 0 atom stereocenters. The number of rotatable bonds is 4. The van der Waals surface area contributed by atoms with Crippen LogP contribution < -0.4 is 0 Å². The summed E-state index contributed by atoms with van der Waals surface area (Å²) in [4.78, 5) is 12.2. The van der Waals surface area contributed by atoms with Crippen LogP contribution in [0.4, 0.5) is 8.78 Å². The van der Waals surface area contributed by atoms with E-state index >= 15 is 0 Å². The van der Waals surface area contributed by atoms with Gasteiger partial charge in [0, 0.05) is 10.0 Å². The van der Waals surface area contributed by atoms with Crippen LogP contribution in [0.2, 0.25) is 0 Å². The third kappa shape index (κ3) is 3.12. The molecule has 0 saturated heterocycles. The average molecular weight is 339 g/mol. The Morgan fingerprint density at radius 1 is 1.10 bits per heavy atom. The van der Waals surface area contributed by atoms with Gasteiger partial charge < -0.3 is 0 Å². The van der Waals surface area contributed by atoms with E-state index in [9.17, 15) is 13.6 Å². The minimum atomic E-state index is -0.862. The van der Waals surface area contributed by atoms with Crippen LogP contribution in [0.3, 0.4) is 0 Å². The van der Waals surface area contributed by atoms with Gasteiger partial charge in [0.2, 0.25) is 0 Å². The Kier molecular flexibility index (Phi) is 4.65. The van der Waals surface area contributed by atoms with Gasteiger partial charge in [0.15, 0.2) is 5.78 Å². The van der Waals surface area contributed by atoms with Crippen LogP contribution in [0.25, 0.3) is 0 Å². The minimum absolute atomic E-state index is 0.266. The second kappa shape index (κ2) is 6.27. The molecule has 0 fully saturated rings. The molecular formula is C16H13BrF2O. The van der Waals surface area contributed by atoms with E-state index in [0.29, 0.717) is 0 Å². The zero-order chi connectivity index (χ0) is 14.7. The van der Waals surface area contributed by atoms with Crippen LogP contribution >= 0.6 is 15.9 Å². The second-order valence-electron chi connectivity index (χ2n) is 4.52. The lowest BCUT2D eigenvalue weighted by Gasteiger charge is -2.06. The van der Waals surface area contributed by atoms with Gasteiger partial charge in [-0.3, -0.25) is 4.79 Å². The van der Waals surface area contributed by atoms with E-state index in [2.05, 4.69) is 22.9 Å². The maximum Gasteiger partial charge on any atom is 0.198 e. The number of halogens is 3. The molecule has 4 heteroatoms. The molecule has 20 heavy (non-hydrogen) atoms. The van der Waals surface area contributed by atoms with Crippen molar-refractivity contribution in [2.45, 2.75) is 19.8 Å². The number of hydrogen-bond donors (Lipinski definition) is 0. The fraction of sp³-hybridized carbons (Fsp3) is 0.188. The highest BCUT2D eigenvalue weighted by Gasteiger charge is 2.19. The van der Waals surface area contributed by atoms with Gasteiger partial charge in [-0.1, -0.05) is 53.5 Å². The van der Waals surface area contributed by atoms with Crippen molar-refractivity contribution >= 4 is 21.7 Å². The molecule has 0 heterocycles. The predicted octanol–water partition coefficient (Wildman–Crippen LogP) is 4.91. The van der Waals surface area contributed by atoms with Gasteiger partial charge in [0.25, 0.3) is 0 Å². The fourth-order valence-electron chi connectivity index (χ4n) is 2.01. The first-order chi connectivity index (χ1) is 9.52. The number of ketones is 1. The van der Waals surface area contributed by atoms with E-state index in [1.807, 2.05) is 12.1 Å². The molecule has 2 rings (SSSR count). The summed E-state index contributed by atoms with van der Waals surface area (Å²) in [5.41, 5.74) is 0.863. The molecule has 2 aromatic rings. The average Bonchev–Trinajstić information content (AvgIpc) is 2.38. The van der Waals surface area contributed by atoms with Crippen LogP contribution in [-0.2, 0) is 6.42 Å². The van der Waals surface area contributed by atoms with Crippen molar-refractivity contribution in [1.82, 2.24) is 0 Å². The fourth-order valence-corrected chi connectivity index (χ4v) is 2.42. The van der Waals surface area contributed by atoms with Gasteiger partial charge in [0.1, 0.15) is 11.6 Å². The summed E-state index contributed by atoms with van der Waals surface area (Å²) < 4.78 is 27.8. The first-order valence-corrected chi connectivity index (χ1v) is 7.10. The smallest absolute Gasteiger partial charge is 0.198 e. The number of hydrogen-bond acceptors (Lipinski definition) is 1. The molecule has 104 valence electrons. The summed E-state index contributed by atoms with van der Waals surface area (Å²) in [5.74, 6) is -2.37. The summed E-state index contributed by atoms with van der Waals surface area (Å²) in [5, 5.41) is 0. The Morgan fingerprint density at radius 2 is 1.65 bits per heavy atom. The molecule has 0 radical (unpaired) electrons. The van der Waals surface area contributed by atoms with E-state index < -0.39 is 23.0 Å². The highest BCUT2D eigenvalue weighted by molar-refractivity contribution is 9.10. The minimum Gasteiger partial charge on any atom is -0.288 e. The van der Waals surface area contributed by atoms with Gasteiger partial charge >= 0.3 is 0 Å². The van der Waals surface area contributed by atoms with E-state index in [0.717, 1.165) is 30.5 Å².